The molecule has 18 heteroatoms. The minimum atomic E-state index is -4.79. The van der Waals surface area contributed by atoms with Crippen LogP contribution >= 0.6 is 7.75 Å². The van der Waals surface area contributed by atoms with Crippen LogP contribution in [0.15, 0.2) is 0 Å². The molecule has 0 heterocycles. The molecule has 2 amide bonds. The largest absolute Gasteiger partial charge is 0.481 e. The van der Waals surface area contributed by atoms with Gasteiger partial charge in [-0.1, -0.05) is 6.92 Å². The van der Waals surface area contributed by atoms with Gasteiger partial charge >= 0.3 is 31.6 Å². The van der Waals surface area contributed by atoms with Gasteiger partial charge in [0.1, 0.15) is 18.1 Å². The number of rotatable bonds is 22. The van der Waals surface area contributed by atoms with Crippen LogP contribution in [0.25, 0.3) is 0 Å². The summed E-state index contributed by atoms with van der Waals surface area (Å²) in [4.78, 5) is 78.3. The van der Waals surface area contributed by atoms with Crippen LogP contribution in [0.2, 0.25) is 0 Å². The van der Waals surface area contributed by atoms with Gasteiger partial charge in [-0.2, -0.15) is 0 Å². The monoisotopic (exact) mass is 571 g/mol. The highest BCUT2D eigenvalue weighted by molar-refractivity contribution is 7.50. The highest BCUT2D eigenvalue weighted by atomic mass is 31.2. The second-order valence-corrected chi connectivity index (χ2v) is 9.47. The molecule has 0 saturated carbocycles. The second kappa shape index (κ2) is 18.2. The third-order valence-corrected chi connectivity index (χ3v) is 5.86. The van der Waals surface area contributed by atoms with E-state index in [4.69, 9.17) is 14.9 Å². The number of hydrogen-bond acceptors (Lipinski definition) is 9. The molecule has 0 aromatic rings. The SMILES string of the molecule is CCCOCCC(=O)N[C@H](CCC(=O)NC(CCOP(=O)(O)NC(CCC(=O)O)C(=O)O)C(=O)O)C(=O)O. The van der Waals surface area contributed by atoms with Gasteiger partial charge in [-0.05, 0) is 19.3 Å². The van der Waals surface area contributed by atoms with E-state index in [1.807, 2.05) is 6.92 Å². The fraction of sp³-hybridized carbons (Fsp3) is 0.700. The molecule has 4 atom stereocenters. The van der Waals surface area contributed by atoms with Crippen LogP contribution in [0, 0.1) is 0 Å². The summed E-state index contributed by atoms with van der Waals surface area (Å²) >= 11 is 0. The molecule has 0 radical (unpaired) electrons. The average Bonchev–Trinajstić information content (AvgIpc) is 2.80. The Morgan fingerprint density at radius 3 is 1.71 bits per heavy atom. The zero-order chi connectivity index (χ0) is 29.3. The van der Waals surface area contributed by atoms with E-state index in [1.54, 1.807) is 5.09 Å². The molecule has 0 rings (SSSR count). The molecular formula is C20H34N3O14P. The Morgan fingerprint density at radius 2 is 1.21 bits per heavy atom. The lowest BCUT2D eigenvalue weighted by Gasteiger charge is -2.20. The molecule has 0 aromatic carbocycles. The van der Waals surface area contributed by atoms with Crippen molar-refractivity contribution in [1.82, 2.24) is 15.7 Å². The topological polar surface area (TPSA) is 275 Å². The van der Waals surface area contributed by atoms with Crippen LogP contribution in [0.3, 0.4) is 0 Å². The van der Waals surface area contributed by atoms with Gasteiger partial charge in [0.15, 0.2) is 0 Å². The minimum absolute atomic E-state index is 0.0877. The fourth-order valence-electron chi connectivity index (χ4n) is 2.77. The first-order valence-electron chi connectivity index (χ1n) is 11.5. The first-order chi connectivity index (χ1) is 17.7. The van der Waals surface area contributed by atoms with Crippen LogP contribution in [0.5, 0.6) is 0 Å². The number of nitrogens with one attached hydrogen (secondary N) is 3. The van der Waals surface area contributed by atoms with Crippen molar-refractivity contribution in [1.29, 1.82) is 0 Å². The number of aliphatic carboxylic acids is 4. The standard InChI is InChI=1S/C20H34N3O14P/c1-2-9-36-10-8-16(25)21-12(18(28)29)3-5-15(24)22-13(19(30)31)7-11-37-38(34,35)23-14(20(32)33)4-6-17(26)27/h12-14H,2-11H2,1H3,(H,21,25)(H,22,24)(H,26,27)(H,28,29)(H,30,31)(H,32,33)(H2,23,34,35)/t12-,13?,14?/m1/s1. The number of carboxylic acids is 4. The normalized spacial score (nSPS) is 14.9. The van der Waals surface area contributed by atoms with Crippen molar-refractivity contribution in [3.05, 3.63) is 0 Å². The number of carbonyl (C=O) groups excluding carboxylic acids is 2. The van der Waals surface area contributed by atoms with Gasteiger partial charge in [0.05, 0.1) is 13.2 Å². The van der Waals surface area contributed by atoms with E-state index in [-0.39, 0.29) is 19.4 Å². The predicted molar refractivity (Wildman–Crippen MR) is 126 cm³/mol. The lowest BCUT2D eigenvalue weighted by molar-refractivity contribution is -0.143. The van der Waals surface area contributed by atoms with Crippen LogP contribution < -0.4 is 15.7 Å². The van der Waals surface area contributed by atoms with Crippen molar-refractivity contribution in [3.63, 3.8) is 0 Å². The zero-order valence-electron chi connectivity index (χ0n) is 20.7. The molecule has 3 unspecified atom stereocenters. The lowest BCUT2D eigenvalue weighted by Crippen LogP contribution is -2.44. The molecule has 0 fully saturated rings. The van der Waals surface area contributed by atoms with Crippen molar-refractivity contribution in [3.8, 4) is 0 Å². The Labute approximate surface area is 217 Å². The van der Waals surface area contributed by atoms with E-state index in [9.17, 15) is 48.4 Å². The van der Waals surface area contributed by atoms with E-state index in [2.05, 4.69) is 15.2 Å². The van der Waals surface area contributed by atoms with E-state index in [1.165, 1.54) is 0 Å². The van der Waals surface area contributed by atoms with Crippen LogP contribution in [-0.2, 0) is 42.6 Å². The van der Waals surface area contributed by atoms with Crippen LogP contribution in [0.1, 0.15) is 51.9 Å². The maximum atomic E-state index is 12.2. The first-order valence-corrected chi connectivity index (χ1v) is 13.1. The van der Waals surface area contributed by atoms with Gasteiger partial charge in [0, 0.05) is 32.3 Å². The molecule has 218 valence electrons. The van der Waals surface area contributed by atoms with Crippen molar-refractivity contribution in [2.24, 2.45) is 0 Å². The number of carbonyl (C=O) groups is 6. The maximum Gasteiger partial charge on any atom is 0.403 e. The van der Waals surface area contributed by atoms with Gasteiger partial charge in [-0.3, -0.25) is 23.7 Å². The second-order valence-electron chi connectivity index (χ2n) is 7.91. The fourth-order valence-corrected chi connectivity index (χ4v) is 3.83. The summed E-state index contributed by atoms with van der Waals surface area (Å²) in [6.07, 6.45) is -1.85. The third kappa shape index (κ3) is 16.6. The minimum Gasteiger partial charge on any atom is -0.481 e. The molecule has 0 aliphatic heterocycles. The average molecular weight is 571 g/mol. The van der Waals surface area contributed by atoms with Gasteiger partial charge in [-0.25, -0.2) is 19.2 Å². The molecule has 38 heavy (non-hydrogen) atoms. The Bertz CT molecular complexity index is 883. The third-order valence-electron chi connectivity index (χ3n) is 4.69. The van der Waals surface area contributed by atoms with E-state index < -0.39 is 93.9 Å². The van der Waals surface area contributed by atoms with Gasteiger partial charge in [-0.15, -0.1) is 0 Å². The summed E-state index contributed by atoms with van der Waals surface area (Å²) in [5.74, 6) is -7.37. The van der Waals surface area contributed by atoms with Gasteiger partial charge < -0.3 is 40.7 Å². The Hall–Kier alpha value is -3.11. The van der Waals surface area contributed by atoms with Crippen LogP contribution in [0.4, 0.5) is 0 Å². The molecule has 0 saturated heterocycles. The predicted octanol–water partition coefficient (Wildman–Crippen LogP) is -0.863. The molecule has 8 N–H and O–H groups in total. The van der Waals surface area contributed by atoms with E-state index >= 15 is 0 Å². The zero-order valence-corrected chi connectivity index (χ0v) is 21.6. The maximum absolute atomic E-state index is 12.2. The molecule has 0 aliphatic carbocycles. The summed E-state index contributed by atoms with van der Waals surface area (Å²) in [6, 6.07) is -4.76. The summed E-state index contributed by atoms with van der Waals surface area (Å²) < 4.78 is 21.8. The molecular weight excluding hydrogens is 537 g/mol. The Morgan fingerprint density at radius 1 is 0.711 bits per heavy atom. The van der Waals surface area contributed by atoms with E-state index in [0.29, 0.717) is 6.61 Å². The molecule has 0 bridgehead atoms. The molecule has 0 aliphatic rings. The Kier molecular flexibility index (Phi) is 16.7. The summed E-state index contributed by atoms with van der Waals surface area (Å²) in [5.41, 5.74) is 0. The van der Waals surface area contributed by atoms with Crippen molar-refractivity contribution < 1.29 is 67.9 Å². The summed E-state index contributed by atoms with van der Waals surface area (Å²) in [7, 11) is -4.79. The number of amides is 2. The Balaban J connectivity index is 4.75. The van der Waals surface area contributed by atoms with E-state index in [0.717, 1.165) is 6.42 Å². The first kappa shape index (κ1) is 34.9. The van der Waals surface area contributed by atoms with Crippen LogP contribution in [-0.4, -0.2) is 99.0 Å². The molecule has 17 nitrogen and oxygen atoms in total. The highest BCUT2D eigenvalue weighted by Gasteiger charge is 2.30. The summed E-state index contributed by atoms with van der Waals surface area (Å²) in [6.45, 7) is 1.68. The quantitative estimate of drug-likeness (QED) is 0.0579. The van der Waals surface area contributed by atoms with Crippen molar-refractivity contribution in [2.45, 2.75) is 70.0 Å². The highest BCUT2D eigenvalue weighted by Crippen LogP contribution is 2.38. The smallest absolute Gasteiger partial charge is 0.403 e. The van der Waals surface area contributed by atoms with Gasteiger partial charge in [0.2, 0.25) is 11.8 Å². The van der Waals surface area contributed by atoms with Crippen molar-refractivity contribution in [2.75, 3.05) is 19.8 Å². The number of carboxylic acid groups (broad SMARTS) is 4. The van der Waals surface area contributed by atoms with Crippen molar-refractivity contribution >= 4 is 43.4 Å². The molecule has 0 aromatic heterocycles. The lowest BCUT2D eigenvalue weighted by atomic mass is 10.1. The molecule has 0 spiro atoms. The number of hydrogen-bond donors (Lipinski definition) is 8. The van der Waals surface area contributed by atoms with Gasteiger partial charge in [0.25, 0.3) is 0 Å². The summed E-state index contributed by atoms with van der Waals surface area (Å²) in [5, 5.41) is 42.3. The number of ether oxygens (including phenoxy) is 1.